The van der Waals surface area contributed by atoms with Crippen LogP contribution in [0.5, 0.6) is 0 Å². The van der Waals surface area contributed by atoms with Crippen molar-refractivity contribution in [1.29, 1.82) is 0 Å². The van der Waals surface area contributed by atoms with Gasteiger partial charge in [-0.3, -0.25) is 4.79 Å². The van der Waals surface area contributed by atoms with Crippen LogP contribution in [0.15, 0.2) is 83.8 Å². The van der Waals surface area contributed by atoms with Gasteiger partial charge in [0.2, 0.25) is 15.9 Å². The first-order valence-corrected chi connectivity index (χ1v) is 11.7. The first kappa shape index (κ1) is 23.0. The van der Waals surface area contributed by atoms with E-state index in [4.69, 9.17) is 11.6 Å². The Morgan fingerprint density at radius 3 is 2.19 bits per heavy atom. The van der Waals surface area contributed by atoms with Crippen molar-refractivity contribution in [3.05, 3.63) is 101 Å². The predicted molar refractivity (Wildman–Crippen MR) is 123 cm³/mol. The molecule has 0 aliphatic carbocycles. The molecule has 1 atom stereocenters. The third-order valence-electron chi connectivity index (χ3n) is 4.93. The zero-order valence-electron chi connectivity index (χ0n) is 17.5. The van der Waals surface area contributed by atoms with Gasteiger partial charge in [-0.1, -0.05) is 71.8 Å². The molecule has 0 heterocycles. The van der Waals surface area contributed by atoms with Crippen molar-refractivity contribution in [1.82, 2.24) is 9.62 Å². The van der Waals surface area contributed by atoms with Crippen molar-refractivity contribution in [2.24, 2.45) is 0 Å². The molecule has 0 saturated carbocycles. The van der Waals surface area contributed by atoms with E-state index in [1.165, 1.54) is 4.31 Å². The second kappa shape index (κ2) is 10.1. The van der Waals surface area contributed by atoms with E-state index in [9.17, 15) is 13.2 Å². The molecule has 0 saturated heterocycles. The lowest BCUT2D eigenvalue weighted by Crippen LogP contribution is -2.41. The lowest BCUT2D eigenvalue weighted by molar-refractivity contribution is -0.122. The number of benzene rings is 3. The molecule has 0 unspecified atom stereocenters. The molecule has 5 nitrogen and oxygen atoms in total. The Bertz CT molecular complexity index is 1120. The van der Waals surface area contributed by atoms with Crippen LogP contribution in [0.25, 0.3) is 0 Å². The summed E-state index contributed by atoms with van der Waals surface area (Å²) in [5.74, 6) is -0.374. The van der Waals surface area contributed by atoms with E-state index < -0.39 is 10.0 Å². The largest absolute Gasteiger partial charge is 0.348 e. The Morgan fingerprint density at radius 2 is 1.58 bits per heavy atom. The van der Waals surface area contributed by atoms with Crippen LogP contribution in [-0.4, -0.2) is 25.2 Å². The normalized spacial score (nSPS) is 12.5. The molecule has 1 amide bonds. The van der Waals surface area contributed by atoms with Crippen molar-refractivity contribution in [2.45, 2.75) is 31.3 Å². The van der Waals surface area contributed by atoms with E-state index in [-0.39, 0.29) is 29.9 Å². The molecule has 3 aromatic rings. The zero-order valence-corrected chi connectivity index (χ0v) is 19.0. The fourth-order valence-electron chi connectivity index (χ4n) is 3.15. The number of amides is 1. The van der Waals surface area contributed by atoms with Gasteiger partial charge in [0, 0.05) is 11.6 Å². The number of nitrogens with one attached hydrogen (secondary N) is 1. The molecule has 0 aromatic heterocycles. The summed E-state index contributed by atoms with van der Waals surface area (Å²) < 4.78 is 27.8. The quantitative estimate of drug-likeness (QED) is 0.533. The lowest BCUT2D eigenvalue weighted by Gasteiger charge is -2.23. The summed E-state index contributed by atoms with van der Waals surface area (Å²) in [4.78, 5) is 12.9. The Kier molecular flexibility index (Phi) is 7.49. The molecule has 3 aromatic carbocycles. The minimum atomic E-state index is -3.88. The molecule has 0 aliphatic rings. The highest BCUT2D eigenvalue weighted by Gasteiger charge is 2.27. The summed E-state index contributed by atoms with van der Waals surface area (Å²) in [6, 6.07) is 22.8. The summed E-state index contributed by atoms with van der Waals surface area (Å²) in [5, 5.41) is 3.45. The van der Waals surface area contributed by atoms with E-state index in [0.717, 1.165) is 16.7 Å². The highest BCUT2D eigenvalue weighted by molar-refractivity contribution is 7.89. The lowest BCUT2D eigenvalue weighted by atomic mass is 10.1. The van der Waals surface area contributed by atoms with Crippen LogP contribution in [0.2, 0.25) is 5.02 Å². The fraction of sp³-hybridized carbons (Fsp3) is 0.208. The van der Waals surface area contributed by atoms with Crippen LogP contribution in [-0.2, 0) is 21.4 Å². The highest BCUT2D eigenvalue weighted by Crippen LogP contribution is 2.20. The number of halogens is 1. The smallest absolute Gasteiger partial charge is 0.243 e. The molecule has 162 valence electrons. The van der Waals surface area contributed by atoms with Gasteiger partial charge in [0.05, 0.1) is 17.5 Å². The summed E-state index contributed by atoms with van der Waals surface area (Å²) >= 11 is 5.95. The number of aryl methyl sites for hydroxylation is 1. The first-order chi connectivity index (χ1) is 14.8. The third-order valence-corrected chi connectivity index (χ3v) is 6.99. The Labute approximate surface area is 188 Å². The number of sulfonamides is 1. The number of rotatable bonds is 8. The number of hydrogen-bond donors (Lipinski definition) is 1. The number of hydrogen-bond acceptors (Lipinski definition) is 3. The summed E-state index contributed by atoms with van der Waals surface area (Å²) in [7, 11) is -3.88. The summed E-state index contributed by atoms with van der Waals surface area (Å²) in [5.41, 5.74) is 2.64. The monoisotopic (exact) mass is 456 g/mol. The molecule has 1 N–H and O–H groups in total. The Balaban J connectivity index is 1.83. The summed E-state index contributed by atoms with van der Waals surface area (Å²) in [6.45, 7) is 3.52. The zero-order chi connectivity index (χ0) is 22.4. The van der Waals surface area contributed by atoms with Gasteiger partial charge in [-0.25, -0.2) is 8.42 Å². The van der Waals surface area contributed by atoms with Gasteiger partial charge in [0.25, 0.3) is 0 Å². The van der Waals surface area contributed by atoms with Gasteiger partial charge in [0.1, 0.15) is 0 Å². The second-order valence-electron chi connectivity index (χ2n) is 7.41. The van der Waals surface area contributed by atoms with E-state index >= 15 is 0 Å². The molecule has 0 fully saturated rings. The van der Waals surface area contributed by atoms with Crippen LogP contribution in [0, 0.1) is 6.92 Å². The van der Waals surface area contributed by atoms with Crippen molar-refractivity contribution < 1.29 is 13.2 Å². The number of nitrogens with zero attached hydrogens (tertiary/aromatic N) is 1. The van der Waals surface area contributed by atoms with Crippen molar-refractivity contribution >= 4 is 27.5 Å². The topological polar surface area (TPSA) is 66.5 Å². The Morgan fingerprint density at radius 1 is 0.968 bits per heavy atom. The average molecular weight is 457 g/mol. The minimum absolute atomic E-state index is 0.0561. The van der Waals surface area contributed by atoms with Crippen molar-refractivity contribution in [3.63, 3.8) is 0 Å². The molecule has 0 radical (unpaired) electrons. The van der Waals surface area contributed by atoms with Crippen LogP contribution < -0.4 is 5.32 Å². The van der Waals surface area contributed by atoms with Crippen molar-refractivity contribution in [2.75, 3.05) is 6.54 Å². The maximum absolute atomic E-state index is 13.3. The van der Waals surface area contributed by atoms with Crippen LogP contribution in [0.3, 0.4) is 0 Å². The molecule has 3 rings (SSSR count). The maximum atomic E-state index is 13.3. The van der Waals surface area contributed by atoms with Crippen LogP contribution in [0.1, 0.15) is 29.7 Å². The maximum Gasteiger partial charge on any atom is 0.243 e. The van der Waals surface area contributed by atoms with Gasteiger partial charge in [0.15, 0.2) is 0 Å². The number of carbonyl (C=O) groups excluding carboxylic acids is 1. The van der Waals surface area contributed by atoms with Gasteiger partial charge in [-0.2, -0.15) is 4.31 Å². The third kappa shape index (κ3) is 6.17. The molecular formula is C24H25ClN2O3S. The van der Waals surface area contributed by atoms with Crippen LogP contribution in [0.4, 0.5) is 0 Å². The van der Waals surface area contributed by atoms with Gasteiger partial charge in [-0.05, 0) is 49.2 Å². The van der Waals surface area contributed by atoms with Gasteiger partial charge < -0.3 is 5.32 Å². The van der Waals surface area contributed by atoms with E-state index in [1.54, 1.807) is 48.5 Å². The average Bonchev–Trinajstić information content (AvgIpc) is 2.75. The fourth-order valence-corrected chi connectivity index (χ4v) is 4.66. The molecule has 0 bridgehead atoms. The standard InChI is InChI=1S/C24H25ClN2O3S/c1-18-8-14-23(15-9-18)31(29,30)27(16-20-10-12-22(25)13-11-20)17-24(28)26-19(2)21-6-4-3-5-7-21/h3-15,19H,16-17H2,1-2H3,(H,26,28)/t19-/m0/s1. The molecular weight excluding hydrogens is 432 g/mol. The van der Waals surface area contributed by atoms with E-state index in [0.29, 0.717) is 5.02 Å². The number of carbonyl (C=O) groups is 1. The molecule has 7 heteroatoms. The molecule has 31 heavy (non-hydrogen) atoms. The van der Waals surface area contributed by atoms with Crippen LogP contribution >= 0.6 is 11.6 Å². The van der Waals surface area contributed by atoms with Gasteiger partial charge in [-0.15, -0.1) is 0 Å². The second-order valence-corrected chi connectivity index (χ2v) is 9.79. The molecule has 0 aliphatic heterocycles. The van der Waals surface area contributed by atoms with Crippen molar-refractivity contribution in [3.8, 4) is 0 Å². The first-order valence-electron chi connectivity index (χ1n) is 9.91. The highest BCUT2D eigenvalue weighted by atomic mass is 35.5. The predicted octanol–water partition coefficient (Wildman–Crippen LogP) is 4.72. The molecule has 0 spiro atoms. The van der Waals surface area contributed by atoms with E-state index in [2.05, 4.69) is 5.32 Å². The summed E-state index contributed by atoms with van der Waals surface area (Å²) in [6.07, 6.45) is 0. The Hall–Kier alpha value is -2.67. The SMILES string of the molecule is Cc1ccc(S(=O)(=O)N(CC(=O)N[C@@H](C)c2ccccc2)Cc2ccc(Cl)cc2)cc1. The van der Waals surface area contributed by atoms with E-state index in [1.807, 2.05) is 44.2 Å². The van der Waals surface area contributed by atoms with Gasteiger partial charge >= 0.3 is 0 Å². The minimum Gasteiger partial charge on any atom is -0.348 e.